The molecular formula is C15H12F2N4. The van der Waals surface area contributed by atoms with Crippen molar-refractivity contribution in [2.45, 2.75) is 20.8 Å². The molecule has 0 aliphatic carbocycles. The van der Waals surface area contributed by atoms with Crippen LogP contribution in [-0.4, -0.2) is 19.9 Å². The smallest absolute Gasteiger partial charge is 0.182 e. The summed E-state index contributed by atoms with van der Waals surface area (Å²) in [6, 6.07) is 2.27. The highest BCUT2D eigenvalue weighted by atomic mass is 19.1. The Morgan fingerprint density at radius 2 is 1.57 bits per heavy atom. The molecule has 0 spiro atoms. The van der Waals surface area contributed by atoms with Crippen LogP contribution in [0.5, 0.6) is 0 Å². The van der Waals surface area contributed by atoms with Gasteiger partial charge in [0.2, 0.25) is 0 Å². The Labute approximate surface area is 119 Å². The molecule has 3 aromatic rings. The molecule has 0 bridgehead atoms. The summed E-state index contributed by atoms with van der Waals surface area (Å²) in [6.45, 7) is 5.12. The van der Waals surface area contributed by atoms with Crippen LogP contribution in [0.4, 0.5) is 8.78 Å². The molecular weight excluding hydrogens is 274 g/mol. The molecule has 0 saturated heterocycles. The summed E-state index contributed by atoms with van der Waals surface area (Å²) >= 11 is 0. The molecule has 21 heavy (non-hydrogen) atoms. The van der Waals surface area contributed by atoms with Gasteiger partial charge < -0.3 is 0 Å². The van der Waals surface area contributed by atoms with Crippen LogP contribution in [0.15, 0.2) is 18.5 Å². The van der Waals surface area contributed by atoms with Crippen LogP contribution in [0, 0.1) is 32.4 Å². The minimum absolute atomic E-state index is 0.0584. The highest BCUT2D eigenvalue weighted by Gasteiger charge is 2.16. The van der Waals surface area contributed by atoms with Gasteiger partial charge >= 0.3 is 0 Å². The van der Waals surface area contributed by atoms with Gasteiger partial charge in [0.1, 0.15) is 29.2 Å². The van der Waals surface area contributed by atoms with Crippen molar-refractivity contribution in [3.8, 4) is 11.3 Å². The normalized spacial score (nSPS) is 11.1. The molecule has 0 fully saturated rings. The Bertz CT molecular complexity index is 862. The van der Waals surface area contributed by atoms with Crippen molar-refractivity contribution >= 4 is 11.2 Å². The Morgan fingerprint density at radius 1 is 0.857 bits per heavy atom. The summed E-state index contributed by atoms with van der Waals surface area (Å²) in [5, 5.41) is 0. The van der Waals surface area contributed by atoms with Crippen molar-refractivity contribution in [2.75, 3.05) is 0 Å². The standard InChI is InChI=1S/C15H12F2N4/c1-7-4-12(17)10(5-11(7)16)13-14-15(19-6-18-13)21-9(3)8(2)20-14/h4-6H,1-3H3. The van der Waals surface area contributed by atoms with Gasteiger partial charge in [-0.15, -0.1) is 0 Å². The molecule has 2 aromatic heterocycles. The van der Waals surface area contributed by atoms with Crippen LogP contribution >= 0.6 is 0 Å². The summed E-state index contributed by atoms with van der Waals surface area (Å²) < 4.78 is 27.9. The number of hydrogen-bond donors (Lipinski definition) is 0. The van der Waals surface area contributed by atoms with E-state index in [1.165, 1.54) is 13.3 Å². The maximum Gasteiger partial charge on any atom is 0.182 e. The maximum atomic E-state index is 14.1. The second kappa shape index (κ2) is 4.80. The summed E-state index contributed by atoms with van der Waals surface area (Å²) in [6.07, 6.45) is 1.28. The lowest BCUT2D eigenvalue weighted by molar-refractivity contribution is 0.595. The van der Waals surface area contributed by atoms with Crippen LogP contribution in [-0.2, 0) is 0 Å². The molecule has 1 aromatic carbocycles. The topological polar surface area (TPSA) is 51.6 Å². The lowest BCUT2D eigenvalue weighted by atomic mass is 10.1. The minimum Gasteiger partial charge on any atom is -0.246 e. The van der Waals surface area contributed by atoms with E-state index in [0.717, 1.165) is 17.8 Å². The Kier molecular flexibility index (Phi) is 3.08. The molecule has 4 nitrogen and oxygen atoms in total. The predicted molar refractivity (Wildman–Crippen MR) is 74.7 cm³/mol. The van der Waals surface area contributed by atoms with E-state index in [4.69, 9.17) is 0 Å². The van der Waals surface area contributed by atoms with Gasteiger partial charge in [0.05, 0.1) is 11.4 Å². The third-order valence-corrected chi connectivity index (χ3v) is 3.38. The molecule has 0 aliphatic rings. The monoisotopic (exact) mass is 286 g/mol. The van der Waals surface area contributed by atoms with E-state index < -0.39 is 11.6 Å². The van der Waals surface area contributed by atoms with E-state index >= 15 is 0 Å². The second-order valence-corrected chi connectivity index (χ2v) is 4.87. The maximum absolute atomic E-state index is 14.1. The van der Waals surface area contributed by atoms with E-state index in [1.54, 1.807) is 6.92 Å². The molecule has 106 valence electrons. The van der Waals surface area contributed by atoms with E-state index in [2.05, 4.69) is 19.9 Å². The van der Waals surface area contributed by atoms with Gasteiger partial charge in [-0.1, -0.05) is 0 Å². The first-order chi connectivity index (χ1) is 9.97. The molecule has 0 saturated carbocycles. The number of aromatic nitrogens is 4. The molecule has 2 heterocycles. The van der Waals surface area contributed by atoms with E-state index in [1.807, 2.05) is 6.92 Å². The first-order valence-electron chi connectivity index (χ1n) is 6.39. The SMILES string of the molecule is Cc1cc(F)c(-c2ncnc3nc(C)c(C)nc23)cc1F. The Morgan fingerprint density at radius 3 is 2.33 bits per heavy atom. The number of fused-ring (bicyclic) bond motifs is 1. The van der Waals surface area contributed by atoms with Gasteiger partial charge in [-0.3, -0.25) is 0 Å². The third kappa shape index (κ3) is 2.22. The summed E-state index contributed by atoms with van der Waals surface area (Å²) in [5.74, 6) is -1.04. The van der Waals surface area contributed by atoms with Crippen molar-refractivity contribution in [2.24, 2.45) is 0 Å². The van der Waals surface area contributed by atoms with Gasteiger partial charge in [-0.2, -0.15) is 0 Å². The summed E-state index contributed by atoms with van der Waals surface area (Å²) in [5.41, 5.74) is 2.71. The fraction of sp³-hybridized carbons (Fsp3) is 0.200. The molecule has 3 rings (SSSR count). The van der Waals surface area contributed by atoms with E-state index in [9.17, 15) is 8.78 Å². The molecule has 0 amide bonds. The first-order valence-corrected chi connectivity index (χ1v) is 6.39. The number of aryl methyl sites for hydroxylation is 3. The zero-order valence-corrected chi connectivity index (χ0v) is 11.8. The lowest BCUT2D eigenvalue weighted by Crippen LogP contribution is -2.00. The quantitative estimate of drug-likeness (QED) is 0.689. The number of hydrogen-bond acceptors (Lipinski definition) is 4. The van der Waals surface area contributed by atoms with Crippen LogP contribution in [0.3, 0.4) is 0 Å². The number of halogens is 2. The predicted octanol–water partition coefficient (Wildman–Crippen LogP) is 3.29. The van der Waals surface area contributed by atoms with Gasteiger partial charge in [0.15, 0.2) is 5.65 Å². The van der Waals surface area contributed by atoms with Crippen LogP contribution in [0.25, 0.3) is 22.4 Å². The summed E-state index contributed by atoms with van der Waals surface area (Å²) in [4.78, 5) is 16.8. The highest BCUT2D eigenvalue weighted by Crippen LogP contribution is 2.28. The van der Waals surface area contributed by atoms with Crippen molar-refractivity contribution in [1.82, 2.24) is 19.9 Å². The molecule has 0 atom stereocenters. The number of benzene rings is 1. The fourth-order valence-corrected chi connectivity index (χ4v) is 2.07. The number of rotatable bonds is 1. The zero-order chi connectivity index (χ0) is 15.1. The second-order valence-electron chi connectivity index (χ2n) is 4.87. The molecule has 6 heteroatoms. The third-order valence-electron chi connectivity index (χ3n) is 3.38. The molecule has 0 unspecified atom stereocenters. The highest BCUT2D eigenvalue weighted by molar-refractivity contribution is 5.86. The Balaban J connectivity index is 2.35. The van der Waals surface area contributed by atoms with Crippen LogP contribution < -0.4 is 0 Å². The van der Waals surface area contributed by atoms with Gasteiger partial charge in [0, 0.05) is 5.56 Å². The average molecular weight is 286 g/mol. The largest absolute Gasteiger partial charge is 0.246 e. The van der Waals surface area contributed by atoms with Crippen molar-refractivity contribution in [3.05, 3.63) is 47.0 Å². The van der Waals surface area contributed by atoms with E-state index in [-0.39, 0.29) is 16.8 Å². The molecule has 0 radical (unpaired) electrons. The molecule has 0 aliphatic heterocycles. The summed E-state index contributed by atoms with van der Waals surface area (Å²) in [7, 11) is 0. The minimum atomic E-state index is -0.547. The fourth-order valence-electron chi connectivity index (χ4n) is 2.07. The zero-order valence-electron chi connectivity index (χ0n) is 11.8. The van der Waals surface area contributed by atoms with Gasteiger partial charge in [-0.05, 0) is 38.5 Å². The van der Waals surface area contributed by atoms with Crippen molar-refractivity contribution in [3.63, 3.8) is 0 Å². The number of nitrogens with zero attached hydrogens (tertiary/aromatic N) is 4. The van der Waals surface area contributed by atoms with Crippen molar-refractivity contribution in [1.29, 1.82) is 0 Å². The van der Waals surface area contributed by atoms with Gasteiger partial charge in [0.25, 0.3) is 0 Å². The van der Waals surface area contributed by atoms with Crippen molar-refractivity contribution < 1.29 is 8.78 Å². The lowest BCUT2D eigenvalue weighted by Gasteiger charge is -2.08. The molecule has 0 N–H and O–H groups in total. The van der Waals surface area contributed by atoms with Crippen LogP contribution in [0.2, 0.25) is 0 Å². The first kappa shape index (κ1) is 13.5. The Hall–Kier alpha value is -2.50. The average Bonchev–Trinajstić information content (AvgIpc) is 2.44. The van der Waals surface area contributed by atoms with Gasteiger partial charge in [-0.25, -0.2) is 28.7 Å². The van der Waals surface area contributed by atoms with Crippen LogP contribution in [0.1, 0.15) is 17.0 Å². The van der Waals surface area contributed by atoms with E-state index in [0.29, 0.717) is 16.9 Å².